The number of hydrogen-bond donors (Lipinski definition) is 0. The van der Waals surface area contributed by atoms with Gasteiger partial charge in [0, 0.05) is 25.9 Å². The molecule has 0 aromatic carbocycles. The summed E-state index contributed by atoms with van der Waals surface area (Å²) in [4.78, 5) is 18.2. The molecule has 1 amide bonds. The highest BCUT2D eigenvalue weighted by Gasteiger charge is 2.27. The zero-order valence-electron chi connectivity index (χ0n) is 14.8. The van der Waals surface area contributed by atoms with Gasteiger partial charge in [0.15, 0.2) is 0 Å². The molecule has 5 nitrogen and oxygen atoms in total. The molecule has 1 unspecified atom stereocenters. The van der Waals surface area contributed by atoms with Crippen LogP contribution in [-0.2, 0) is 16.1 Å². The summed E-state index contributed by atoms with van der Waals surface area (Å²) in [5, 5.41) is 0. The summed E-state index contributed by atoms with van der Waals surface area (Å²) in [6, 6.07) is 3.92. The van der Waals surface area contributed by atoms with Gasteiger partial charge in [-0.2, -0.15) is 0 Å². The average Bonchev–Trinajstić information content (AvgIpc) is 2.52. The summed E-state index contributed by atoms with van der Waals surface area (Å²) in [6.45, 7) is 8.52. The zero-order valence-corrected chi connectivity index (χ0v) is 16.3. The first kappa shape index (κ1) is 19.2. The first-order valence-electron chi connectivity index (χ1n) is 8.49. The van der Waals surface area contributed by atoms with Gasteiger partial charge in [-0.15, -0.1) is 0 Å². The van der Waals surface area contributed by atoms with Crippen LogP contribution in [-0.4, -0.2) is 41.3 Å². The summed E-state index contributed by atoms with van der Waals surface area (Å²) < 4.78 is 12.0. The van der Waals surface area contributed by atoms with E-state index in [1.807, 2.05) is 44.0 Å². The quantitative estimate of drug-likeness (QED) is 0.544. The largest absolute Gasteiger partial charge is 0.444 e. The Morgan fingerprint density at radius 2 is 2.21 bits per heavy atom. The van der Waals surface area contributed by atoms with Gasteiger partial charge in [0.1, 0.15) is 10.2 Å². The third-order valence-electron chi connectivity index (χ3n) is 3.90. The van der Waals surface area contributed by atoms with E-state index in [9.17, 15) is 4.79 Å². The number of amides is 1. The molecular weight excluding hydrogens is 372 g/mol. The number of nitrogens with zero attached hydrogens (tertiary/aromatic N) is 2. The molecule has 0 N–H and O–H groups in total. The second-order valence-electron chi connectivity index (χ2n) is 7.27. The van der Waals surface area contributed by atoms with E-state index in [2.05, 4.69) is 20.9 Å². The highest BCUT2D eigenvalue weighted by atomic mass is 79.9. The average molecular weight is 399 g/mol. The van der Waals surface area contributed by atoms with Gasteiger partial charge in [-0.05, 0) is 73.5 Å². The van der Waals surface area contributed by atoms with E-state index in [4.69, 9.17) is 9.47 Å². The van der Waals surface area contributed by atoms with Gasteiger partial charge < -0.3 is 14.4 Å². The van der Waals surface area contributed by atoms with Crippen LogP contribution in [0, 0.1) is 5.92 Å². The number of piperidine rings is 1. The van der Waals surface area contributed by atoms with E-state index in [1.54, 1.807) is 0 Å². The van der Waals surface area contributed by atoms with Gasteiger partial charge in [-0.25, -0.2) is 9.78 Å². The molecule has 0 bridgehead atoms. The molecule has 2 rings (SSSR count). The Morgan fingerprint density at radius 1 is 1.42 bits per heavy atom. The fourth-order valence-electron chi connectivity index (χ4n) is 2.72. The third kappa shape index (κ3) is 6.77. The second-order valence-corrected chi connectivity index (χ2v) is 8.08. The van der Waals surface area contributed by atoms with Gasteiger partial charge in [-0.1, -0.05) is 6.07 Å². The van der Waals surface area contributed by atoms with Crippen LogP contribution in [0.25, 0.3) is 0 Å². The molecule has 24 heavy (non-hydrogen) atoms. The van der Waals surface area contributed by atoms with Crippen molar-refractivity contribution in [1.29, 1.82) is 0 Å². The van der Waals surface area contributed by atoms with Crippen molar-refractivity contribution in [2.75, 3.05) is 19.7 Å². The second kappa shape index (κ2) is 8.81. The van der Waals surface area contributed by atoms with Crippen LogP contribution in [0.5, 0.6) is 0 Å². The molecule has 1 aromatic heterocycles. The van der Waals surface area contributed by atoms with Crippen LogP contribution in [0.4, 0.5) is 4.79 Å². The molecule has 0 saturated carbocycles. The maximum atomic E-state index is 12.2. The fourth-order valence-corrected chi connectivity index (χ4v) is 2.96. The number of ether oxygens (including phenoxy) is 2. The van der Waals surface area contributed by atoms with E-state index in [-0.39, 0.29) is 6.09 Å². The summed E-state index contributed by atoms with van der Waals surface area (Å²) in [5.41, 5.74) is 0.628. The van der Waals surface area contributed by atoms with Crippen molar-refractivity contribution in [2.45, 2.75) is 52.2 Å². The van der Waals surface area contributed by atoms with Gasteiger partial charge in [-0.3, -0.25) is 0 Å². The lowest BCUT2D eigenvalue weighted by molar-refractivity contribution is 0.0135. The number of carbonyl (C=O) groups excluding carboxylic acids is 1. The van der Waals surface area contributed by atoms with Crippen LogP contribution in [0.3, 0.4) is 0 Å². The summed E-state index contributed by atoms with van der Waals surface area (Å²) in [7, 11) is 0. The van der Waals surface area contributed by atoms with Gasteiger partial charge in [0.2, 0.25) is 0 Å². The van der Waals surface area contributed by atoms with E-state index >= 15 is 0 Å². The minimum Gasteiger partial charge on any atom is -0.444 e. The van der Waals surface area contributed by atoms with E-state index in [0.29, 0.717) is 19.1 Å². The molecule has 6 heteroatoms. The van der Waals surface area contributed by atoms with Crippen LogP contribution in [0.1, 0.15) is 45.6 Å². The number of carbonyl (C=O) groups is 1. The van der Waals surface area contributed by atoms with Crippen LogP contribution < -0.4 is 0 Å². The van der Waals surface area contributed by atoms with Crippen molar-refractivity contribution in [1.82, 2.24) is 9.88 Å². The number of hydrogen-bond acceptors (Lipinski definition) is 4. The summed E-state index contributed by atoms with van der Waals surface area (Å²) >= 11 is 3.32. The maximum absolute atomic E-state index is 12.2. The predicted octanol–water partition coefficient (Wildman–Crippen LogP) is 4.40. The Kier molecular flexibility index (Phi) is 7.04. The smallest absolute Gasteiger partial charge is 0.410 e. The molecule has 1 atom stereocenters. The Morgan fingerprint density at radius 3 is 2.88 bits per heavy atom. The fraction of sp³-hybridized carbons (Fsp3) is 0.667. The molecule has 2 heterocycles. The SMILES string of the molecule is CC(C)(C)OC(=O)N1CCCC(CCOCc2ccc(Br)nc2)C1. The summed E-state index contributed by atoms with van der Waals surface area (Å²) in [6.07, 6.45) is 4.75. The lowest BCUT2D eigenvalue weighted by atomic mass is 9.95. The lowest BCUT2D eigenvalue weighted by Crippen LogP contribution is -2.43. The molecule has 1 fully saturated rings. The van der Waals surface area contributed by atoms with Crippen LogP contribution >= 0.6 is 15.9 Å². The lowest BCUT2D eigenvalue weighted by Gasteiger charge is -2.34. The zero-order chi connectivity index (χ0) is 17.6. The predicted molar refractivity (Wildman–Crippen MR) is 96.7 cm³/mol. The van der Waals surface area contributed by atoms with Crippen molar-refractivity contribution in [3.63, 3.8) is 0 Å². The molecule has 134 valence electrons. The van der Waals surface area contributed by atoms with E-state index in [0.717, 1.165) is 42.5 Å². The van der Waals surface area contributed by atoms with Gasteiger partial charge in [0.25, 0.3) is 0 Å². The molecule has 0 spiro atoms. The van der Waals surface area contributed by atoms with Crippen molar-refractivity contribution in [2.24, 2.45) is 5.92 Å². The first-order valence-corrected chi connectivity index (χ1v) is 9.29. The number of rotatable bonds is 5. The summed E-state index contributed by atoms with van der Waals surface area (Å²) in [5.74, 6) is 0.481. The minimum absolute atomic E-state index is 0.200. The molecule has 0 aliphatic carbocycles. The van der Waals surface area contributed by atoms with Crippen molar-refractivity contribution >= 4 is 22.0 Å². The monoisotopic (exact) mass is 398 g/mol. The van der Waals surface area contributed by atoms with E-state index < -0.39 is 5.60 Å². The van der Waals surface area contributed by atoms with Crippen molar-refractivity contribution < 1.29 is 14.3 Å². The first-order chi connectivity index (χ1) is 11.3. The molecule has 1 saturated heterocycles. The van der Waals surface area contributed by atoms with Gasteiger partial charge >= 0.3 is 6.09 Å². The standard InChI is InChI=1S/C18H27BrN2O3/c1-18(2,3)24-17(22)21-9-4-5-14(12-21)8-10-23-13-15-6-7-16(19)20-11-15/h6-7,11,14H,4-5,8-10,12-13H2,1-3H3. The van der Waals surface area contributed by atoms with Crippen LogP contribution in [0.15, 0.2) is 22.9 Å². The minimum atomic E-state index is -0.439. The number of halogens is 1. The molecule has 1 aliphatic heterocycles. The number of aromatic nitrogens is 1. The molecular formula is C18H27BrN2O3. The Bertz CT molecular complexity index is 528. The van der Waals surface area contributed by atoms with Crippen molar-refractivity contribution in [3.8, 4) is 0 Å². The molecule has 1 aliphatic rings. The topological polar surface area (TPSA) is 51.7 Å². The normalized spacial score (nSPS) is 18.5. The third-order valence-corrected chi connectivity index (χ3v) is 4.37. The number of pyridine rings is 1. The molecule has 0 radical (unpaired) electrons. The Balaban J connectivity index is 1.69. The Hall–Kier alpha value is -1.14. The highest BCUT2D eigenvalue weighted by molar-refractivity contribution is 9.10. The molecule has 1 aromatic rings. The maximum Gasteiger partial charge on any atom is 0.410 e. The number of likely N-dealkylation sites (tertiary alicyclic amines) is 1. The Labute approximate surface area is 152 Å². The van der Waals surface area contributed by atoms with Crippen LogP contribution in [0.2, 0.25) is 0 Å². The highest BCUT2D eigenvalue weighted by Crippen LogP contribution is 2.22. The van der Waals surface area contributed by atoms with E-state index in [1.165, 1.54) is 0 Å². The van der Waals surface area contributed by atoms with Gasteiger partial charge in [0.05, 0.1) is 6.61 Å². The van der Waals surface area contributed by atoms with Crippen molar-refractivity contribution in [3.05, 3.63) is 28.5 Å².